The molecule has 2 aromatic rings. The molecule has 166 valence electrons. The number of hydrogen-bond acceptors (Lipinski definition) is 5. The van der Waals surface area contributed by atoms with E-state index >= 15 is 0 Å². The van der Waals surface area contributed by atoms with Crippen LogP contribution in [0.15, 0.2) is 30.3 Å². The highest BCUT2D eigenvalue weighted by atomic mass is 16.4. The van der Waals surface area contributed by atoms with Gasteiger partial charge in [0.05, 0.1) is 0 Å². The van der Waals surface area contributed by atoms with E-state index in [0.717, 1.165) is 10.9 Å². The first-order valence-corrected chi connectivity index (χ1v) is 9.64. The molecule has 0 radical (unpaired) electrons. The standard InChI is InChI=1S/C20H25N5O6/c1-11(19(30)25-14(18(21)29)6-7-17(27)28)23-16(26)8-9-22-20(31)15-10-12-4-2-3-5-13(12)24-15/h2-5,10-11,14,24H,6-9H2,1H3,(H2,21,29)(H,22,31)(H,23,26)(H,25,30)(H,27,28)/t11-,14+/m0/s1. The van der Waals surface area contributed by atoms with Gasteiger partial charge in [-0.1, -0.05) is 18.2 Å². The van der Waals surface area contributed by atoms with Gasteiger partial charge in [0.25, 0.3) is 5.91 Å². The quantitative estimate of drug-likeness (QED) is 0.282. The zero-order valence-corrected chi connectivity index (χ0v) is 16.9. The molecule has 2 rings (SSSR count). The molecule has 1 aromatic heterocycles. The molecule has 0 fully saturated rings. The number of primary amides is 1. The van der Waals surface area contributed by atoms with E-state index in [1.807, 2.05) is 24.3 Å². The van der Waals surface area contributed by atoms with Crippen LogP contribution in [0.3, 0.4) is 0 Å². The zero-order chi connectivity index (χ0) is 23.0. The predicted octanol–water partition coefficient (Wildman–Crippen LogP) is -0.373. The normalized spacial score (nSPS) is 12.5. The topological polar surface area (TPSA) is 183 Å². The Kier molecular flexibility index (Phi) is 8.12. The van der Waals surface area contributed by atoms with Gasteiger partial charge in [0, 0.05) is 30.3 Å². The van der Waals surface area contributed by atoms with Crippen LogP contribution in [0.2, 0.25) is 0 Å². The molecule has 0 aliphatic carbocycles. The van der Waals surface area contributed by atoms with Crippen molar-refractivity contribution in [1.29, 1.82) is 0 Å². The Hall–Kier alpha value is -3.89. The van der Waals surface area contributed by atoms with E-state index in [1.54, 1.807) is 6.07 Å². The highest BCUT2D eigenvalue weighted by Gasteiger charge is 2.23. The van der Waals surface area contributed by atoms with E-state index in [4.69, 9.17) is 10.8 Å². The number of rotatable bonds is 11. The van der Waals surface area contributed by atoms with Gasteiger partial charge in [-0.25, -0.2) is 0 Å². The molecule has 31 heavy (non-hydrogen) atoms. The van der Waals surface area contributed by atoms with E-state index in [1.165, 1.54) is 6.92 Å². The van der Waals surface area contributed by atoms with Crippen molar-refractivity contribution in [2.24, 2.45) is 5.73 Å². The molecule has 0 unspecified atom stereocenters. The van der Waals surface area contributed by atoms with Crippen LogP contribution in [0.4, 0.5) is 0 Å². The number of amides is 4. The van der Waals surface area contributed by atoms with Crippen LogP contribution in [0.25, 0.3) is 10.9 Å². The monoisotopic (exact) mass is 431 g/mol. The lowest BCUT2D eigenvalue weighted by Crippen LogP contribution is -2.52. The van der Waals surface area contributed by atoms with Crippen molar-refractivity contribution in [1.82, 2.24) is 20.9 Å². The number of nitrogens with two attached hydrogens (primary N) is 1. The maximum atomic E-state index is 12.2. The van der Waals surface area contributed by atoms with Gasteiger partial charge in [-0.2, -0.15) is 0 Å². The summed E-state index contributed by atoms with van der Waals surface area (Å²) in [6.07, 6.45) is -0.566. The number of carbonyl (C=O) groups is 5. The third kappa shape index (κ3) is 7.14. The summed E-state index contributed by atoms with van der Waals surface area (Å²) in [5, 5.41) is 17.0. The predicted molar refractivity (Wildman–Crippen MR) is 111 cm³/mol. The maximum absolute atomic E-state index is 12.2. The Labute approximate surface area is 177 Å². The minimum Gasteiger partial charge on any atom is -0.481 e. The fraction of sp³-hybridized carbons (Fsp3) is 0.350. The average molecular weight is 431 g/mol. The van der Waals surface area contributed by atoms with Gasteiger partial charge in [-0.05, 0) is 25.5 Å². The minimum atomic E-state index is -1.15. The van der Waals surface area contributed by atoms with Crippen molar-refractivity contribution in [2.75, 3.05) is 6.54 Å². The third-order valence-electron chi connectivity index (χ3n) is 4.49. The molecular formula is C20H25N5O6. The van der Waals surface area contributed by atoms with Crippen molar-refractivity contribution >= 4 is 40.5 Å². The van der Waals surface area contributed by atoms with E-state index in [0.29, 0.717) is 5.69 Å². The summed E-state index contributed by atoms with van der Waals surface area (Å²) in [7, 11) is 0. The summed E-state index contributed by atoms with van der Waals surface area (Å²) in [6, 6.07) is 6.99. The summed E-state index contributed by atoms with van der Waals surface area (Å²) in [4.78, 5) is 61.3. The molecule has 1 heterocycles. The lowest BCUT2D eigenvalue weighted by molar-refractivity contribution is -0.137. The van der Waals surface area contributed by atoms with E-state index in [-0.39, 0.29) is 31.7 Å². The Morgan fingerprint density at radius 2 is 1.81 bits per heavy atom. The SMILES string of the molecule is C[C@H](NC(=O)CCNC(=O)c1cc2ccccc2[nH]1)C(=O)N[C@H](CCC(=O)O)C(N)=O. The molecule has 0 spiro atoms. The summed E-state index contributed by atoms with van der Waals surface area (Å²) >= 11 is 0. The molecule has 0 saturated heterocycles. The Morgan fingerprint density at radius 1 is 1.10 bits per heavy atom. The number of aromatic amines is 1. The van der Waals surface area contributed by atoms with Crippen molar-refractivity contribution in [2.45, 2.75) is 38.3 Å². The van der Waals surface area contributed by atoms with E-state index in [9.17, 15) is 24.0 Å². The molecule has 0 aliphatic rings. The zero-order valence-electron chi connectivity index (χ0n) is 16.9. The largest absolute Gasteiger partial charge is 0.481 e. The molecule has 7 N–H and O–H groups in total. The number of para-hydroxylation sites is 1. The summed E-state index contributed by atoms with van der Waals surface area (Å²) in [6.45, 7) is 1.46. The van der Waals surface area contributed by atoms with E-state index < -0.39 is 35.8 Å². The summed E-state index contributed by atoms with van der Waals surface area (Å²) in [5.41, 5.74) is 6.35. The van der Waals surface area contributed by atoms with Gasteiger partial charge in [0.2, 0.25) is 17.7 Å². The fourth-order valence-electron chi connectivity index (χ4n) is 2.81. The van der Waals surface area contributed by atoms with Gasteiger partial charge in [0.15, 0.2) is 0 Å². The number of aliphatic carboxylic acids is 1. The number of carbonyl (C=O) groups excluding carboxylic acids is 4. The van der Waals surface area contributed by atoms with E-state index in [2.05, 4.69) is 20.9 Å². The van der Waals surface area contributed by atoms with Crippen molar-refractivity contribution in [3.05, 3.63) is 36.0 Å². The molecular weight excluding hydrogens is 406 g/mol. The van der Waals surface area contributed by atoms with Gasteiger partial charge in [-0.3, -0.25) is 24.0 Å². The van der Waals surface area contributed by atoms with Crippen LogP contribution in [0, 0.1) is 0 Å². The maximum Gasteiger partial charge on any atom is 0.303 e. The number of carboxylic acid groups (broad SMARTS) is 1. The average Bonchev–Trinajstić information content (AvgIpc) is 3.14. The van der Waals surface area contributed by atoms with Gasteiger partial charge in [-0.15, -0.1) is 0 Å². The highest BCUT2D eigenvalue weighted by molar-refractivity contribution is 5.98. The molecule has 4 amide bonds. The Bertz CT molecular complexity index is 952. The van der Waals surface area contributed by atoms with Crippen LogP contribution in [0.1, 0.15) is 36.7 Å². The van der Waals surface area contributed by atoms with Crippen LogP contribution >= 0.6 is 0 Å². The second-order valence-electron chi connectivity index (χ2n) is 6.96. The molecule has 0 aliphatic heterocycles. The Balaban J connectivity index is 1.76. The number of aromatic nitrogens is 1. The summed E-state index contributed by atoms with van der Waals surface area (Å²) < 4.78 is 0. The number of nitrogens with one attached hydrogen (secondary N) is 4. The van der Waals surface area contributed by atoms with Gasteiger partial charge in [0.1, 0.15) is 17.8 Å². The molecule has 11 nitrogen and oxygen atoms in total. The molecule has 11 heteroatoms. The van der Waals surface area contributed by atoms with Crippen molar-refractivity contribution in [3.8, 4) is 0 Å². The molecule has 0 bridgehead atoms. The van der Waals surface area contributed by atoms with Gasteiger partial charge >= 0.3 is 5.97 Å². The lowest BCUT2D eigenvalue weighted by atomic mass is 10.1. The number of benzene rings is 1. The van der Waals surface area contributed by atoms with Crippen LogP contribution in [-0.4, -0.2) is 58.3 Å². The highest BCUT2D eigenvalue weighted by Crippen LogP contribution is 2.14. The van der Waals surface area contributed by atoms with Crippen molar-refractivity contribution in [3.63, 3.8) is 0 Å². The number of H-pyrrole nitrogens is 1. The lowest BCUT2D eigenvalue weighted by Gasteiger charge is -2.19. The summed E-state index contributed by atoms with van der Waals surface area (Å²) in [5.74, 6) is -3.52. The second kappa shape index (κ2) is 10.8. The molecule has 2 atom stereocenters. The smallest absolute Gasteiger partial charge is 0.303 e. The van der Waals surface area contributed by atoms with Crippen LogP contribution in [-0.2, 0) is 19.2 Å². The second-order valence-corrected chi connectivity index (χ2v) is 6.96. The first kappa shape index (κ1) is 23.4. The molecule has 1 aromatic carbocycles. The van der Waals surface area contributed by atoms with Crippen LogP contribution in [0.5, 0.6) is 0 Å². The molecule has 0 saturated carbocycles. The fourth-order valence-corrected chi connectivity index (χ4v) is 2.81. The first-order valence-electron chi connectivity index (χ1n) is 9.64. The Morgan fingerprint density at radius 3 is 2.45 bits per heavy atom. The van der Waals surface area contributed by atoms with Crippen LogP contribution < -0.4 is 21.7 Å². The third-order valence-corrected chi connectivity index (χ3v) is 4.49. The van der Waals surface area contributed by atoms with Crippen molar-refractivity contribution < 1.29 is 29.1 Å². The first-order chi connectivity index (χ1) is 14.7. The number of carboxylic acids is 1. The number of hydrogen-bond donors (Lipinski definition) is 6. The number of fused-ring (bicyclic) bond motifs is 1. The van der Waals surface area contributed by atoms with Gasteiger partial charge < -0.3 is 31.8 Å². The minimum absolute atomic E-state index is 0.0525.